The van der Waals surface area contributed by atoms with E-state index < -0.39 is 6.17 Å². The van der Waals surface area contributed by atoms with Gasteiger partial charge in [-0.15, -0.1) is 0 Å². The number of halogens is 1. The molecule has 0 aromatic rings. The van der Waals surface area contributed by atoms with Gasteiger partial charge in [0.1, 0.15) is 6.17 Å². The topological polar surface area (TPSA) is 26.0 Å². The summed E-state index contributed by atoms with van der Waals surface area (Å²) in [6, 6.07) is 0.0116. The van der Waals surface area contributed by atoms with E-state index in [-0.39, 0.29) is 11.5 Å². The summed E-state index contributed by atoms with van der Waals surface area (Å²) in [6.07, 6.45) is 0.0208. The van der Waals surface area contributed by atoms with Gasteiger partial charge in [-0.05, 0) is 13.3 Å². The van der Waals surface area contributed by atoms with Crippen LogP contribution in [0.2, 0.25) is 0 Å². The van der Waals surface area contributed by atoms with E-state index in [1.165, 1.54) is 0 Å². The number of hydrogen-bond acceptors (Lipinski definition) is 1. The van der Waals surface area contributed by atoms with E-state index in [1.807, 2.05) is 13.8 Å². The van der Waals surface area contributed by atoms with E-state index in [0.717, 1.165) is 0 Å². The number of nitrogens with two attached hydrogens (primary N) is 1. The molecule has 1 aliphatic rings. The fourth-order valence-electron chi connectivity index (χ4n) is 0.798. The number of hydrogen-bond donors (Lipinski definition) is 1. The Morgan fingerprint density at radius 3 is 2.25 bits per heavy atom. The van der Waals surface area contributed by atoms with Crippen molar-refractivity contribution in [2.75, 3.05) is 0 Å². The number of rotatable bonds is 1. The molecule has 3 atom stereocenters. The molecule has 8 heavy (non-hydrogen) atoms. The molecule has 0 bridgehead atoms. The summed E-state index contributed by atoms with van der Waals surface area (Å²) in [7, 11) is 0. The van der Waals surface area contributed by atoms with Crippen LogP contribution in [-0.2, 0) is 0 Å². The normalized spacial score (nSPS) is 48.8. The molecule has 0 aromatic carbocycles. The Morgan fingerprint density at radius 1 is 1.88 bits per heavy atom. The Balaban J connectivity index is 2.47. The second-order valence-corrected chi connectivity index (χ2v) is 2.97. The average Bonchev–Trinajstić information content (AvgIpc) is 2.17. The van der Waals surface area contributed by atoms with Gasteiger partial charge in [0.2, 0.25) is 0 Å². The largest absolute Gasteiger partial charge is 0.327 e. The van der Waals surface area contributed by atoms with Crippen molar-refractivity contribution in [3.05, 3.63) is 0 Å². The molecule has 0 spiro atoms. The Bertz CT molecular complexity index is 103. The van der Waals surface area contributed by atoms with Crippen LogP contribution in [0.5, 0.6) is 0 Å². The van der Waals surface area contributed by atoms with Gasteiger partial charge in [0, 0.05) is 11.5 Å². The van der Waals surface area contributed by atoms with Crippen LogP contribution in [0.1, 0.15) is 20.3 Å². The molecule has 0 radical (unpaired) electrons. The Morgan fingerprint density at radius 2 is 2.25 bits per heavy atom. The third kappa shape index (κ3) is 0.635. The van der Waals surface area contributed by atoms with Crippen LogP contribution in [0.3, 0.4) is 0 Å². The zero-order valence-electron chi connectivity index (χ0n) is 5.32. The fraction of sp³-hybridized carbons (Fsp3) is 1.00. The van der Waals surface area contributed by atoms with E-state index >= 15 is 0 Å². The maximum absolute atomic E-state index is 12.3. The van der Waals surface area contributed by atoms with E-state index in [2.05, 4.69) is 0 Å². The van der Waals surface area contributed by atoms with Gasteiger partial charge < -0.3 is 5.73 Å². The van der Waals surface area contributed by atoms with Crippen LogP contribution >= 0.6 is 0 Å². The first-order valence-electron chi connectivity index (χ1n) is 2.97. The summed E-state index contributed by atoms with van der Waals surface area (Å²) in [5.41, 5.74) is 5.30. The quantitative estimate of drug-likeness (QED) is 0.546. The minimum absolute atomic E-state index is 0.0116. The van der Waals surface area contributed by atoms with E-state index in [4.69, 9.17) is 5.73 Å². The molecule has 2 heteroatoms. The highest BCUT2D eigenvalue weighted by Gasteiger charge is 2.53. The standard InChI is InChI=1S/C6H12FN/c1-4(8)6(2)3-5(6)7/h4-5H,3,8H2,1-2H3. The lowest BCUT2D eigenvalue weighted by Crippen LogP contribution is -2.27. The van der Waals surface area contributed by atoms with Crippen molar-refractivity contribution < 1.29 is 4.39 Å². The maximum atomic E-state index is 12.3. The maximum Gasteiger partial charge on any atom is 0.108 e. The fourth-order valence-corrected chi connectivity index (χ4v) is 0.798. The monoisotopic (exact) mass is 117 g/mol. The Hall–Kier alpha value is -0.110. The lowest BCUT2D eigenvalue weighted by molar-refractivity contribution is 0.340. The summed E-state index contributed by atoms with van der Waals surface area (Å²) in [6.45, 7) is 3.75. The van der Waals surface area contributed by atoms with Crippen LogP contribution < -0.4 is 5.73 Å². The summed E-state index contributed by atoms with van der Waals surface area (Å²) in [5.74, 6) is 0. The number of alkyl halides is 1. The van der Waals surface area contributed by atoms with Crippen LogP contribution in [0.4, 0.5) is 4.39 Å². The molecule has 48 valence electrons. The Labute approximate surface area is 49.1 Å². The van der Waals surface area contributed by atoms with Crippen molar-refractivity contribution in [2.45, 2.75) is 32.5 Å². The van der Waals surface area contributed by atoms with Gasteiger partial charge in [0.05, 0.1) is 0 Å². The minimum Gasteiger partial charge on any atom is -0.327 e. The molecule has 0 aromatic heterocycles. The molecule has 1 aliphatic carbocycles. The second-order valence-electron chi connectivity index (χ2n) is 2.97. The lowest BCUT2D eigenvalue weighted by Gasteiger charge is -2.11. The molecule has 1 nitrogen and oxygen atoms in total. The van der Waals surface area contributed by atoms with Crippen molar-refractivity contribution in [3.8, 4) is 0 Å². The molecule has 0 amide bonds. The average molecular weight is 117 g/mol. The highest BCUT2D eigenvalue weighted by Crippen LogP contribution is 2.49. The summed E-state index contributed by atoms with van der Waals surface area (Å²) < 4.78 is 12.3. The van der Waals surface area contributed by atoms with Crippen LogP contribution in [0, 0.1) is 5.41 Å². The van der Waals surface area contributed by atoms with Crippen molar-refractivity contribution in [1.29, 1.82) is 0 Å². The predicted molar refractivity (Wildman–Crippen MR) is 31.3 cm³/mol. The molecular weight excluding hydrogens is 105 g/mol. The minimum atomic E-state index is -0.637. The van der Waals surface area contributed by atoms with E-state index in [0.29, 0.717) is 6.42 Å². The van der Waals surface area contributed by atoms with Crippen molar-refractivity contribution in [2.24, 2.45) is 11.1 Å². The second kappa shape index (κ2) is 1.44. The third-order valence-electron chi connectivity index (χ3n) is 2.21. The van der Waals surface area contributed by atoms with Crippen LogP contribution in [0.15, 0.2) is 0 Å². The molecule has 1 rings (SSSR count). The van der Waals surface area contributed by atoms with E-state index in [1.54, 1.807) is 0 Å². The van der Waals surface area contributed by atoms with Gasteiger partial charge >= 0.3 is 0 Å². The summed E-state index contributed by atoms with van der Waals surface area (Å²) in [4.78, 5) is 0. The van der Waals surface area contributed by atoms with Gasteiger partial charge in [-0.2, -0.15) is 0 Å². The van der Waals surface area contributed by atoms with Crippen molar-refractivity contribution in [1.82, 2.24) is 0 Å². The molecule has 3 unspecified atom stereocenters. The molecule has 0 aliphatic heterocycles. The van der Waals surface area contributed by atoms with Crippen LogP contribution in [-0.4, -0.2) is 12.2 Å². The molecule has 2 N–H and O–H groups in total. The van der Waals surface area contributed by atoms with E-state index in [9.17, 15) is 4.39 Å². The smallest absolute Gasteiger partial charge is 0.108 e. The zero-order valence-corrected chi connectivity index (χ0v) is 5.32. The first kappa shape index (κ1) is 6.02. The summed E-state index contributed by atoms with van der Waals surface area (Å²) >= 11 is 0. The van der Waals surface area contributed by atoms with Gasteiger partial charge in [0.15, 0.2) is 0 Å². The van der Waals surface area contributed by atoms with Crippen molar-refractivity contribution in [3.63, 3.8) is 0 Å². The lowest BCUT2D eigenvalue weighted by atomic mass is 10.0. The first-order chi connectivity index (χ1) is 3.57. The highest BCUT2D eigenvalue weighted by molar-refractivity contribution is 5.04. The van der Waals surface area contributed by atoms with Gasteiger partial charge in [-0.3, -0.25) is 0 Å². The Kier molecular flexibility index (Phi) is 1.08. The van der Waals surface area contributed by atoms with Crippen LogP contribution in [0.25, 0.3) is 0 Å². The zero-order chi connectivity index (χ0) is 6.36. The molecule has 1 saturated carbocycles. The predicted octanol–water partition coefficient (Wildman–Crippen LogP) is 1.08. The molecule has 1 fully saturated rings. The molecule has 0 heterocycles. The highest BCUT2D eigenvalue weighted by atomic mass is 19.1. The van der Waals surface area contributed by atoms with Gasteiger partial charge in [0.25, 0.3) is 0 Å². The SMILES string of the molecule is CC(N)C1(C)CC1F. The third-order valence-corrected chi connectivity index (χ3v) is 2.21. The summed E-state index contributed by atoms with van der Waals surface area (Å²) in [5, 5.41) is 0. The molecule has 0 saturated heterocycles. The van der Waals surface area contributed by atoms with Gasteiger partial charge in [-0.25, -0.2) is 4.39 Å². The molecular formula is C6H12FN. The van der Waals surface area contributed by atoms with Crippen molar-refractivity contribution >= 4 is 0 Å². The first-order valence-corrected chi connectivity index (χ1v) is 2.97. The van der Waals surface area contributed by atoms with Gasteiger partial charge in [-0.1, -0.05) is 6.92 Å².